The highest BCUT2D eigenvalue weighted by molar-refractivity contribution is 8.84. The van der Waals surface area contributed by atoms with Gasteiger partial charge in [-0.3, -0.25) is 0 Å². The van der Waals surface area contributed by atoms with Crippen LogP contribution in [0.5, 0.6) is 0 Å². The quantitative estimate of drug-likeness (QED) is 0.261. The molecule has 0 saturated carbocycles. The van der Waals surface area contributed by atoms with Gasteiger partial charge in [0.15, 0.2) is 0 Å². The van der Waals surface area contributed by atoms with Crippen molar-refractivity contribution in [1.29, 1.82) is 0 Å². The van der Waals surface area contributed by atoms with E-state index in [2.05, 4.69) is 24.3 Å². The third-order valence-electron chi connectivity index (χ3n) is 3.47. The van der Waals surface area contributed by atoms with Gasteiger partial charge in [0, 0.05) is 9.79 Å². The smallest absolute Gasteiger partial charge is 0.345 e. The average molecular weight is 367 g/mol. The van der Waals surface area contributed by atoms with E-state index in [0.29, 0.717) is 4.86 Å². The van der Waals surface area contributed by atoms with E-state index in [1.807, 2.05) is 66.7 Å². The van der Waals surface area contributed by atoms with Crippen LogP contribution >= 0.6 is 20.3 Å². The Morgan fingerprint density at radius 1 is 0.800 bits per heavy atom. The van der Waals surface area contributed by atoms with Gasteiger partial charge < -0.3 is 4.74 Å². The predicted octanol–water partition coefficient (Wildman–Crippen LogP) is 5.42. The molecular formula is C21H18O2S2. The van der Waals surface area contributed by atoms with Gasteiger partial charge in [0.1, 0.15) is 4.86 Å². The first kappa shape index (κ1) is 17.5. The van der Waals surface area contributed by atoms with Crippen LogP contribution in [-0.2, 0) is 9.53 Å². The van der Waals surface area contributed by atoms with Crippen LogP contribution in [0.25, 0.3) is 0 Å². The van der Waals surface area contributed by atoms with Gasteiger partial charge in [0.05, 0.1) is 7.11 Å². The number of benzene rings is 3. The molecule has 0 saturated heterocycles. The summed E-state index contributed by atoms with van der Waals surface area (Å²) >= 11 is 0. The van der Waals surface area contributed by atoms with Crippen molar-refractivity contribution < 1.29 is 9.53 Å². The second-order valence-corrected chi connectivity index (χ2v) is 8.72. The Morgan fingerprint density at radius 3 is 1.88 bits per heavy atom. The molecule has 3 aromatic carbocycles. The zero-order chi connectivity index (χ0) is 17.5. The van der Waals surface area contributed by atoms with E-state index in [1.165, 1.54) is 7.11 Å². The van der Waals surface area contributed by atoms with Crippen LogP contribution < -0.4 is 0 Å². The molecule has 3 aromatic rings. The lowest BCUT2D eigenvalue weighted by Crippen LogP contribution is -2.17. The van der Waals surface area contributed by atoms with E-state index in [1.54, 1.807) is 10.8 Å². The SMILES string of the molecule is COC(=O)/C(c1ccccc1)=S(\Sc1ccccc1)c1ccccc1. The first-order valence-corrected chi connectivity index (χ1v) is 10.4. The van der Waals surface area contributed by atoms with Gasteiger partial charge >= 0.3 is 5.97 Å². The normalized spacial score (nSPS) is 12.3. The van der Waals surface area contributed by atoms with Crippen molar-refractivity contribution in [3.63, 3.8) is 0 Å². The predicted molar refractivity (Wildman–Crippen MR) is 107 cm³/mol. The molecule has 0 aliphatic rings. The monoisotopic (exact) mass is 366 g/mol. The highest BCUT2D eigenvalue weighted by Gasteiger charge is 2.20. The summed E-state index contributed by atoms with van der Waals surface area (Å²) in [6.07, 6.45) is 0. The molecule has 25 heavy (non-hydrogen) atoms. The summed E-state index contributed by atoms with van der Waals surface area (Å²) in [5.74, 6) is -0.290. The van der Waals surface area contributed by atoms with Crippen LogP contribution in [0.15, 0.2) is 101 Å². The maximum absolute atomic E-state index is 12.7. The van der Waals surface area contributed by atoms with Crippen molar-refractivity contribution >= 4 is 31.1 Å². The van der Waals surface area contributed by atoms with Crippen molar-refractivity contribution in [2.75, 3.05) is 7.11 Å². The number of methoxy groups -OCH3 is 1. The molecule has 0 fully saturated rings. The van der Waals surface area contributed by atoms with E-state index < -0.39 is 9.52 Å². The largest absolute Gasteiger partial charge is 0.465 e. The highest BCUT2D eigenvalue weighted by Crippen LogP contribution is 2.46. The topological polar surface area (TPSA) is 26.3 Å². The van der Waals surface area contributed by atoms with Crippen LogP contribution in [0.1, 0.15) is 5.56 Å². The summed E-state index contributed by atoms with van der Waals surface area (Å²) in [7, 11) is 2.62. The lowest BCUT2D eigenvalue weighted by molar-refractivity contribution is -0.132. The number of ether oxygens (including phenoxy) is 1. The van der Waals surface area contributed by atoms with Gasteiger partial charge in [-0.1, -0.05) is 87.0 Å². The minimum absolute atomic E-state index is 0.290. The summed E-state index contributed by atoms with van der Waals surface area (Å²) in [6.45, 7) is 0. The number of esters is 1. The zero-order valence-electron chi connectivity index (χ0n) is 13.8. The first-order valence-electron chi connectivity index (χ1n) is 7.83. The minimum atomic E-state index is -0.499. The van der Waals surface area contributed by atoms with E-state index in [-0.39, 0.29) is 5.97 Å². The molecule has 2 nitrogen and oxygen atoms in total. The molecule has 4 heteroatoms. The van der Waals surface area contributed by atoms with Gasteiger partial charge in [-0.15, -0.1) is 0 Å². The highest BCUT2D eigenvalue weighted by atomic mass is 33.1. The number of hydrogen-bond donors (Lipinski definition) is 0. The van der Waals surface area contributed by atoms with Crippen LogP contribution in [0.2, 0.25) is 0 Å². The average Bonchev–Trinajstić information content (AvgIpc) is 2.69. The third kappa shape index (κ3) is 4.41. The molecule has 0 aliphatic carbocycles. The molecule has 0 aromatic heterocycles. The van der Waals surface area contributed by atoms with Gasteiger partial charge in [-0.2, -0.15) is 0 Å². The van der Waals surface area contributed by atoms with E-state index in [0.717, 1.165) is 15.4 Å². The number of hydrogen-bond acceptors (Lipinski definition) is 3. The molecule has 0 radical (unpaired) electrons. The molecule has 1 unspecified atom stereocenters. The lowest BCUT2D eigenvalue weighted by atomic mass is 10.1. The van der Waals surface area contributed by atoms with Crippen molar-refractivity contribution in [1.82, 2.24) is 0 Å². The summed E-state index contributed by atoms with van der Waals surface area (Å²) in [5, 5.41) is 0. The molecule has 126 valence electrons. The fraction of sp³-hybridized carbons (Fsp3) is 0.0476. The van der Waals surface area contributed by atoms with Crippen LogP contribution in [0.4, 0.5) is 0 Å². The summed E-state index contributed by atoms with van der Waals surface area (Å²) in [5.41, 5.74) is 0.893. The minimum Gasteiger partial charge on any atom is -0.465 e. The first-order chi connectivity index (χ1) is 12.3. The van der Waals surface area contributed by atoms with Crippen molar-refractivity contribution in [2.24, 2.45) is 0 Å². The lowest BCUT2D eigenvalue weighted by Gasteiger charge is -2.15. The molecular weight excluding hydrogens is 348 g/mol. The maximum atomic E-state index is 12.7. The Bertz CT molecular complexity index is 860. The molecule has 0 spiro atoms. The maximum Gasteiger partial charge on any atom is 0.345 e. The van der Waals surface area contributed by atoms with Crippen LogP contribution in [-0.4, -0.2) is 17.9 Å². The van der Waals surface area contributed by atoms with Crippen LogP contribution in [0, 0.1) is 0 Å². The molecule has 3 rings (SSSR count). The summed E-state index contributed by atoms with van der Waals surface area (Å²) < 4.78 is 5.12. The molecule has 0 bridgehead atoms. The van der Waals surface area contributed by atoms with Crippen molar-refractivity contribution in [3.05, 3.63) is 96.6 Å². The fourth-order valence-electron chi connectivity index (χ4n) is 2.31. The Balaban J connectivity index is 2.21. The Morgan fingerprint density at radius 2 is 1.32 bits per heavy atom. The van der Waals surface area contributed by atoms with Gasteiger partial charge in [-0.25, -0.2) is 4.79 Å². The molecule has 0 heterocycles. The van der Waals surface area contributed by atoms with Crippen molar-refractivity contribution in [3.8, 4) is 0 Å². The molecule has 1 atom stereocenters. The second-order valence-electron chi connectivity index (χ2n) is 5.16. The number of rotatable bonds is 5. The Kier molecular flexibility index (Phi) is 6.09. The molecule has 0 amide bonds. The molecule has 0 N–H and O–H groups in total. The molecule has 0 aliphatic heterocycles. The van der Waals surface area contributed by atoms with E-state index in [4.69, 9.17) is 4.74 Å². The summed E-state index contributed by atoms with van der Waals surface area (Å²) in [4.78, 5) is 15.6. The van der Waals surface area contributed by atoms with E-state index in [9.17, 15) is 4.79 Å². The number of carbonyl (C=O) groups excluding carboxylic acids is 1. The third-order valence-corrected chi connectivity index (χ3v) is 7.73. The van der Waals surface area contributed by atoms with E-state index >= 15 is 0 Å². The van der Waals surface area contributed by atoms with Gasteiger partial charge in [0.2, 0.25) is 0 Å². The second kappa shape index (κ2) is 8.70. The van der Waals surface area contributed by atoms with Gasteiger partial charge in [-0.05, 0) is 29.8 Å². The number of carbonyl (C=O) groups is 1. The summed E-state index contributed by atoms with van der Waals surface area (Å²) in [6, 6.07) is 30.0. The van der Waals surface area contributed by atoms with Crippen LogP contribution in [0.3, 0.4) is 0 Å². The fourth-order valence-corrected chi connectivity index (χ4v) is 6.45. The zero-order valence-corrected chi connectivity index (χ0v) is 15.4. The standard InChI is InChI=1S/C21H18O2S2/c1-23-21(22)20(17-11-5-2-6-12-17)25(19-15-9-4-10-16-19)24-18-13-7-3-8-14-18/h2-16H,1H3. The Hall–Kier alpha value is -2.30. The van der Waals surface area contributed by atoms with Crippen molar-refractivity contribution in [2.45, 2.75) is 9.79 Å². The van der Waals surface area contributed by atoms with Gasteiger partial charge in [0.25, 0.3) is 0 Å². The Labute approximate surface area is 154 Å².